The maximum absolute atomic E-state index is 11.3. The van der Waals surface area contributed by atoms with Gasteiger partial charge in [0, 0.05) is 19.3 Å². The standard InChI is InChI=1S/C9H18N4O2S/c1-4-16(14,15)6-5-11-9-8(10)7(2)12-13(9)3/h11H,4-6,10H2,1-3H3. The van der Waals surface area contributed by atoms with Crippen molar-refractivity contribution in [1.82, 2.24) is 9.78 Å². The molecule has 0 aromatic carbocycles. The van der Waals surface area contributed by atoms with Crippen LogP contribution in [0, 0.1) is 6.92 Å². The number of nitrogens with two attached hydrogens (primary N) is 1. The average molecular weight is 246 g/mol. The van der Waals surface area contributed by atoms with E-state index in [-0.39, 0.29) is 11.5 Å². The summed E-state index contributed by atoms with van der Waals surface area (Å²) in [4.78, 5) is 0. The van der Waals surface area contributed by atoms with E-state index in [1.807, 2.05) is 6.92 Å². The van der Waals surface area contributed by atoms with E-state index in [2.05, 4.69) is 10.4 Å². The maximum Gasteiger partial charge on any atom is 0.151 e. The van der Waals surface area contributed by atoms with E-state index in [0.717, 1.165) is 5.69 Å². The third kappa shape index (κ3) is 2.88. The second kappa shape index (κ2) is 4.73. The molecule has 92 valence electrons. The molecule has 1 rings (SSSR count). The molecule has 0 aliphatic rings. The van der Waals surface area contributed by atoms with Crippen molar-refractivity contribution in [3.05, 3.63) is 5.69 Å². The second-order valence-electron chi connectivity index (χ2n) is 3.63. The molecule has 7 heteroatoms. The lowest BCUT2D eigenvalue weighted by molar-refractivity contribution is 0.597. The Hall–Kier alpha value is -1.24. The molecule has 6 nitrogen and oxygen atoms in total. The van der Waals surface area contributed by atoms with Crippen LogP contribution < -0.4 is 11.1 Å². The molecule has 0 amide bonds. The number of nitrogens with zero attached hydrogens (tertiary/aromatic N) is 2. The van der Waals surface area contributed by atoms with Crippen LogP contribution in [0.25, 0.3) is 0 Å². The average Bonchev–Trinajstić information content (AvgIpc) is 2.44. The van der Waals surface area contributed by atoms with Gasteiger partial charge in [-0.3, -0.25) is 4.68 Å². The van der Waals surface area contributed by atoms with Gasteiger partial charge in [-0.1, -0.05) is 6.92 Å². The van der Waals surface area contributed by atoms with E-state index in [1.165, 1.54) is 0 Å². The Balaban J connectivity index is 2.62. The second-order valence-corrected chi connectivity index (χ2v) is 6.11. The molecule has 0 atom stereocenters. The highest BCUT2D eigenvalue weighted by atomic mass is 32.2. The largest absolute Gasteiger partial charge is 0.394 e. The molecule has 16 heavy (non-hydrogen) atoms. The molecule has 0 saturated heterocycles. The summed E-state index contributed by atoms with van der Waals surface area (Å²) in [6.45, 7) is 3.79. The predicted molar refractivity (Wildman–Crippen MR) is 65.2 cm³/mol. The maximum atomic E-state index is 11.3. The number of anilines is 2. The Morgan fingerprint density at radius 2 is 2.12 bits per heavy atom. The smallest absolute Gasteiger partial charge is 0.151 e. The molecule has 0 aliphatic carbocycles. The number of hydrogen-bond acceptors (Lipinski definition) is 5. The fourth-order valence-electron chi connectivity index (χ4n) is 1.35. The van der Waals surface area contributed by atoms with Crippen LogP contribution in [-0.4, -0.2) is 36.2 Å². The lowest BCUT2D eigenvalue weighted by atomic mass is 10.4. The van der Waals surface area contributed by atoms with E-state index < -0.39 is 9.84 Å². The van der Waals surface area contributed by atoms with Crippen LogP contribution in [-0.2, 0) is 16.9 Å². The molecule has 1 aromatic heterocycles. The van der Waals surface area contributed by atoms with Crippen LogP contribution in [0.3, 0.4) is 0 Å². The Morgan fingerprint density at radius 1 is 1.50 bits per heavy atom. The quantitative estimate of drug-likeness (QED) is 0.772. The van der Waals surface area contributed by atoms with Gasteiger partial charge in [0.05, 0.1) is 17.1 Å². The van der Waals surface area contributed by atoms with Crippen LogP contribution in [0.4, 0.5) is 11.5 Å². The number of nitrogens with one attached hydrogen (secondary N) is 1. The molecule has 1 aromatic rings. The normalized spacial score (nSPS) is 11.7. The first-order valence-electron chi connectivity index (χ1n) is 5.10. The van der Waals surface area contributed by atoms with Crippen molar-refractivity contribution < 1.29 is 8.42 Å². The lowest BCUT2D eigenvalue weighted by Crippen LogP contribution is -2.18. The molecule has 0 spiro atoms. The highest BCUT2D eigenvalue weighted by molar-refractivity contribution is 7.91. The molecular weight excluding hydrogens is 228 g/mol. The van der Waals surface area contributed by atoms with Gasteiger partial charge in [0.15, 0.2) is 9.84 Å². The van der Waals surface area contributed by atoms with Crippen molar-refractivity contribution in [3.63, 3.8) is 0 Å². The van der Waals surface area contributed by atoms with Crippen molar-refractivity contribution in [1.29, 1.82) is 0 Å². The summed E-state index contributed by atoms with van der Waals surface area (Å²) in [5, 5.41) is 7.11. The van der Waals surface area contributed by atoms with Crippen LogP contribution in [0.1, 0.15) is 12.6 Å². The zero-order valence-corrected chi connectivity index (χ0v) is 10.6. The van der Waals surface area contributed by atoms with Gasteiger partial charge in [-0.05, 0) is 6.92 Å². The van der Waals surface area contributed by atoms with Crippen molar-refractivity contribution in [2.24, 2.45) is 7.05 Å². The first-order chi connectivity index (χ1) is 7.37. The van der Waals surface area contributed by atoms with E-state index in [1.54, 1.807) is 18.7 Å². The van der Waals surface area contributed by atoms with Gasteiger partial charge >= 0.3 is 0 Å². The fourth-order valence-corrected chi connectivity index (χ4v) is 2.06. The van der Waals surface area contributed by atoms with Gasteiger partial charge < -0.3 is 11.1 Å². The summed E-state index contributed by atoms with van der Waals surface area (Å²) in [5.41, 5.74) is 7.10. The highest BCUT2D eigenvalue weighted by Crippen LogP contribution is 2.20. The Bertz CT molecular complexity index is 464. The van der Waals surface area contributed by atoms with Gasteiger partial charge in [-0.15, -0.1) is 0 Å². The van der Waals surface area contributed by atoms with Crippen LogP contribution in [0.5, 0.6) is 0 Å². The van der Waals surface area contributed by atoms with Gasteiger partial charge in [0.2, 0.25) is 0 Å². The summed E-state index contributed by atoms with van der Waals surface area (Å²) in [7, 11) is -1.18. The Morgan fingerprint density at radius 3 is 2.56 bits per heavy atom. The molecule has 0 saturated carbocycles. The lowest BCUT2D eigenvalue weighted by Gasteiger charge is -2.07. The molecule has 3 N–H and O–H groups in total. The van der Waals surface area contributed by atoms with E-state index >= 15 is 0 Å². The predicted octanol–water partition coefficient (Wildman–Crippen LogP) is 0.157. The summed E-state index contributed by atoms with van der Waals surface area (Å²) >= 11 is 0. The van der Waals surface area contributed by atoms with Crippen molar-refractivity contribution in [3.8, 4) is 0 Å². The molecule has 0 radical (unpaired) electrons. The van der Waals surface area contributed by atoms with Crippen LogP contribution >= 0.6 is 0 Å². The number of rotatable bonds is 5. The Kier molecular flexibility index (Phi) is 3.79. The van der Waals surface area contributed by atoms with Gasteiger partial charge in [0.1, 0.15) is 5.82 Å². The van der Waals surface area contributed by atoms with E-state index in [4.69, 9.17) is 5.73 Å². The number of aryl methyl sites for hydroxylation is 2. The summed E-state index contributed by atoms with van der Waals surface area (Å²) in [5.74, 6) is 0.936. The van der Waals surface area contributed by atoms with E-state index in [9.17, 15) is 8.42 Å². The number of hydrogen-bond donors (Lipinski definition) is 2. The van der Waals surface area contributed by atoms with Gasteiger partial charge in [-0.25, -0.2) is 8.42 Å². The Labute approximate surface area is 95.7 Å². The zero-order chi connectivity index (χ0) is 12.3. The monoisotopic (exact) mass is 246 g/mol. The summed E-state index contributed by atoms with van der Waals surface area (Å²) < 4.78 is 24.2. The minimum Gasteiger partial charge on any atom is -0.394 e. The summed E-state index contributed by atoms with van der Waals surface area (Å²) in [6, 6.07) is 0. The summed E-state index contributed by atoms with van der Waals surface area (Å²) in [6.07, 6.45) is 0. The van der Waals surface area contributed by atoms with Crippen LogP contribution in [0.15, 0.2) is 0 Å². The molecule has 0 aliphatic heterocycles. The molecule has 1 heterocycles. The molecular formula is C9H18N4O2S. The third-order valence-corrected chi connectivity index (χ3v) is 4.12. The minimum absolute atomic E-state index is 0.104. The van der Waals surface area contributed by atoms with E-state index in [0.29, 0.717) is 18.1 Å². The van der Waals surface area contributed by atoms with Gasteiger partial charge in [0.25, 0.3) is 0 Å². The molecule has 0 unspecified atom stereocenters. The zero-order valence-electron chi connectivity index (χ0n) is 9.82. The molecule has 0 bridgehead atoms. The SMILES string of the molecule is CCS(=O)(=O)CCNc1c(N)c(C)nn1C. The third-order valence-electron chi connectivity index (χ3n) is 2.41. The number of aromatic nitrogens is 2. The fraction of sp³-hybridized carbons (Fsp3) is 0.667. The first-order valence-corrected chi connectivity index (χ1v) is 6.93. The van der Waals surface area contributed by atoms with Crippen LogP contribution in [0.2, 0.25) is 0 Å². The van der Waals surface area contributed by atoms with Gasteiger partial charge in [-0.2, -0.15) is 5.10 Å². The van der Waals surface area contributed by atoms with Crippen molar-refractivity contribution >= 4 is 21.3 Å². The van der Waals surface area contributed by atoms with Crippen molar-refractivity contribution in [2.75, 3.05) is 29.1 Å². The molecule has 0 fully saturated rings. The number of sulfone groups is 1. The highest BCUT2D eigenvalue weighted by Gasteiger charge is 2.11. The first kappa shape index (κ1) is 12.8. The van der Waals surface area contributed by atoms with Crippen molar-refractivity contribution in [2.45, 2.75) is 13.8 Å². The topological polar surface area (TPSA) is 90.0 Å². The minimum atomic E-state index is -2.94. The number of nitrogen functional groups attached to an aromatic ring is 1.